The Kier molecular flexibility index (Phi) is 13.3. The van der Waals surface area contributed by atoms with Crippen LogP contribution in [0.4, 0.5) is 9.59 Å². The Morgan fingerprint density at radius 1 is 0.679 bits per heavy atom. The molecule has 0 saturated heterocycles. The summed E-state index contributed by atoms with van der Waals surface area (Å²) in [6.45, 7) is 7.79. The second-order valence-electron chi connectivity index (χ2n) is 14.3. The van der Waals surface area contributed by atoms with E-state index in [2.05, 4.69) is 28.1 Å². The minimum atomic E-state index is -1.05. The molecule has 0 bridgehead atoms. The van der Waals surface area contributed by atoms with Crippen molar-refractivity contribution < 1.29 is 33.4 Å². The Hall–Kier alpha value is -5.64. The zero-order valence-electron chi connectivity index (χ0n) is 30.9. The Bertz CT molecular complexity index is 1810. The lowest BCUT2D eigenvalue weighted by Crippen LogP contribution is -2.53. The molecule has 3 amide bonds. The summed E-state index contributed by atoms with van der Waals surface area (Å²) >= 11 is 0. The molecule has 0 radical (unpaired) electrons. The normalized spacial score (nSPS) is 13.1. The van der Waals surface area contributed by atoms with Gasteiger partial charge >= 0.3 is 18.2 Å². The molecule has 0 heterocycles. The summed E-state index contributed by atoms with van der Waals surface area (Å²) in [6.07, 6.45) is 0.170. The number of amides is 3. The van der Waals surface area contributed by atoms with Gasteiger partial charge in [-0.2, -0.15) is 0 Å². The van der Waals surface area contributed by atoms with Gasteiger partial charge in [-0.05, 0) is 80.3 Å². The van der Waals surface area contributed by atoms with Crippen LogP contribution < -0.4 is 16.0 Å². The average Bonchev–Trinajstić information content (AvgIpc) is 3.45. The van der Waals surface area contributed by atoms with Crippen molar-refractivity contribution in [3.63, 3.8) is 0 Å². The molecule has 4 aromatic rings. The molecule has 0 aromatic heterocycles. The number of aryl methyl sites for hydroxylation is 1. The van der Waals surface area contributed by atoms with E-state index >= 15 is 0 Å². The predicted octanol–water partition coefficient (Wildman–Crippen LogP) is 7.37. The lowest BCUT2D eigenvalue weighted by atomic mass is 9.98. The first-order valence-electron chi connectivity index (χ1n) is 18.1. The van der Waals surface area contributed by atoms with E-state index in [0.717, 1.165) is 38.9 Å². The van der Waals surface area contributed by atoms with Crippen molar-refractivity contribution in [2.24, 2.45) is 0 Å². The third-order valence-electron chi connectivity index (χ3n) is 8.93. The van der Waals surface area contributed by atoms with Crippen LogP contribution in [0.3, 0.4) is 0 Å². The molecule has 0 aliphatic heterocycles. The van der Waals surface area contributed by atoms with Crippen molar-refractivity contribution >= 4 is 24.1 Å². The number of benzene rings is 4. The van der Waals surface area contributed by atoms with Gasteiger partial charge in [0.1, 0.15) is 30.9 Å². The fraction of sp³-hybridized carbons (Fsp3) is 0.349. The maximum absolute atomic E-state index is 13.9. The quantitative estimate of drug-likeness (QED) is 0.0664. The molecule has 3 N–H and O–H groups in total. The number of carbonyl (C=O) groups is 4. The molecule has 0 fully saturated rings. The maximum atomic E-state index is 13.9. The lowest BCUT2D eigenvalue weighted by molar-refractivity contribution is -0.149. The van der Waals surface area contributed by atoms with Crippen molar-refractivity contribution in [1.82, 2.24) is 16.0 Å². The molecular formula is C43H49N3O7. The Morgan fingerprint density at radius 2 is 1.30 bits per heavy atom. The molecule has 10 heteroatoms. The van der Waals surface area contributed by atoms with Crippen LogP contribution in [0, 0.1) is 6.92 Å². The van der Waals surface area contributed by atoms with E-state index in [9.17, 15) is 19.2 Å². The monoisotopic (exact) mass is 719 g/mol. The molecule has 5 rings (SSSR count). The topological polar surface area (TPSA) is 132 Å². The van der Waals surface area contributed by atoms with Gasteiger partial charge in [-0.15, -0.1) is 0 Å². The molecule has 53 heavy (non-hydrogen) atoms. The summed E-state index contributed by atoms with van der Waals surface area (Å²) in [5.41, 5.74) is 6.47. The van der Waals surface area contributed by atoms with Crippen molar-refractivity contribution in [3.05, 3.63) is 131 Å². The van der Waals surface area contributed by atoms with Crippen LogP contribution in [-0.2, 0) is 36.8 Å². The molecule has 0 spiro atoms. The molecule has 0 saturated carbocycles. The summed E-state index contributed by atoms with van der Waals surface area (Å²) in [5, 5.41) is 8.33. The van der Waals surface area contributed by atoms with Crippen LogP contribution >= 0.6 is 0 Å². The number of nitrogens with one attached hydrogen (secondary N) is 3. The summed E-state index contributed by atoms with van der Waals surface area (Å²) in [5.74, 6) is -1.29. The van der Waals surface area contributed by atoms with Gasteiger partial charge in [-0.3, -0.25) is 4.79 Å². The van der Waals surface area contributed by atoms with Crippen LogP contribution in [0.1, 0.15) is 73.8 Å². The number of hydrogen-bond donors (Lipinski definition) is 3. The summed E-state index contributed by atoms with van der Waals surface area (Å²) in [4.78, 5) is 52.9. The van der Waals surface area contributed by atoms with E-state index in [1.54, 1.807) is 20.8 Å². The van der Waals surface area contributed by atoms with Crippen LogP contribution in [0.15, 0.2) is 103 Å². The second-order valence-corrected chi connectivity index (χ2v) is 14.3. The summed E-state index contributed by atoms with van der Waals surface area (Å²) < 4.78 is 16.7. The molecule has 4 aromatic carbocycles. The first kappa shape index (κ1) is 38.6. The first-order chi connectivity index (χ1) is 25.5. The van der Waals surface area contributed by atoms with E-state index in [4.69, 9.17) is 14.2 Å². The maximum Gasteiger partial charge on any atom is 0.407 e. The number of fused-ring (bicyclic) bond motifs is 3. The van der Waals surface area contributed by atoms with Gasteiger partial charge in [-0.25, -0.2) is 14.4 Å². The molecule has 1 aliphatic rings. The number of alkyl carbamates (subject to hydrolysis) is 2. The van der Waals surface area contributed by atoms with Crippen LogP contribution in [0.2, 0.25) is 0 Å². The van der Waals surface area contributed by atoms with Crippen molar-refractivity contribution in [1.29, 1.82) is 0 Å². The van der Waals surface area contributed by atoms with Crippen LogP contribution in [0.5, 0.6) is 0 Å². The van der Waals surface area contributed by atoms with E-state index in [1.807, 2.05) is 97.9 Å². The smallest absolute Gasteiger partial charge is 0.407 e. The van der Waals surface area contributed by atoms with Gasteiger partial charge in [0.15, 0.2) is 0 Å². The molecule has 0 unspecified atom stereocenters. The van der Waals surface area contributed by atoms with Gasteiger partial charge in [0, 0.05) is 18.9 Å². The number of unbranched alkanes of at least 4 members (excludes halogenated alkanes) is 1. The van der Waals surface area contributed by atoms with Crippen molar-refractivity contribution in [2.75, 3.05) is 13.2 Å². The highest BCUT2D eigenvalue weighted by molar-refractivity contribution is 5.90. The average molecular weight is 720 g/mol. The molecular weight excluding hydrogens is 670 g/mol. The number of ether oxygens (including phenoxy) is 3. The highest BCUT2D eigenvalue weighted by Crippen LogP contribution is 2.44. The molecule has 10 nitrogen and oxygen atoms in total. The van der Waals surface area contributed by atoms with E-state index < -0.39 is 41.7 Å². The van der Waals surface area contributed by atoms with Gasteiger partial charge < -0.3 is 30.2 Å². The zero-order chi connectivity index (χ0) is 37.8. The van der Waals surface area contributed by atoms with Gasteiger partial charge in [0.25, 0.3) is 0 Å². The number of esters is 1. The Balaban J connectivity index is 1.25. The fourth-order valence-electron chi connectivity index (χ4n) is 6.28. The standard InChI is InChI=1S/C43H49N3O7/c1-29-21-23-31(24-22-29)27-51-40(48)37(20-12-13-25-44-41(49)53-43(2,3)4)45-39(47)38(26-30-14-6-5-7-15-30)46-42(50)52-28-36-34-18-10-8-16-32(34)33-17-9-11-19-35(33)36/h5-11,14-19,21-24,36-38H,12-13,20,25-28H2,1-4H3,(H,44,49)(H,45,47)(H,46,50)/t37-,38+/m0/s1. The van der Waals surface area contributed by atoms with E-state index in [1.165, 1.54) is 0 Å². The van der Waals surface area contributed by atoms with Crippen LogP contribution in [0.25, 0.3) is 11.1 Å². The molecule has 2 atom stereocenters. The fourth-order valence-corrected chi connectivity index (χ4v) is 6.28. The number of carbonyl (C=O) groups excluding carboxylic acids is 4. The third kappa shape index (κ3) is 11.4. The third-order valence-corrected chi connectivity index (χ3v) is 8.93. The molecule has 1 aliphatic carbocycles. The SMILES string of the molecule is Cc1ccc(COC(=O)[C@H](CCCCNC(=O)OC(C)(C)C)NC(=O)[C@@H](Cc2ccccc2)NC(=O)OCC2c3ccccc3-c3ccccc32)cc1. The summed E-state index contributed by atoms with van der Waals surface area (Å²) in [7, 11) is 0. The minimum absolute atomic E-state index is 0.0388. The highest BCUT2D eigenvalue weighted by Gasteiger charge is 2.31. The van der Waals surface area contributed by atoms with E-state index in [0.29, 0.717) is 19.4 Å². The van der Waals surface area contributed by atoms with Gasteiger partial charge in [0.05, 0.1) is 0 Å². The van der Waals surface area contributed by atoms with Crippen molar-refractivity contribution in [2.45, 2.75) is 83.6 Å². The number of hydrogen-bond acceptors (Lipinski definition) is 7. The predicted molar refractivity (Wildman–Crippen MR) is 203 cm³/mol. The lowest BCUT2D eigenvalue weighted by Gasteiger charge is -2.23. The Morgan fingerprint density at radius 3 is 1.94 bits per heavy atom. The largest absolute Gasteiger partial charge is 0.459 e. The summed E-state index contributed by atoms with van der Waals surface area (Å²) in [6, 6.07) is 31.0. The first-order valence-corrected chi connectivity index (χ1v) is 18.1. The highest BCUT2D eigenvalue weighted by atomic mass is 16.6. The molecule has 278 valence electrons. The van der Waals surface area contributed by atoms with E-state index in [-0.39, 0.29) is 32.0 Å². The van der Waals surface area contributed by atoms with Gasteiger partial charge in [0.2, 0.25) is 5.91 Å². The number of rotatable bonds is 15. The minimum Gasteiger partial charge on any atom is -0.459 e. The zero-order valence-corrected chi connectivity index (χ0v) is 30.9. The van der Waals surface area contributed by atoms with Crippen molar-refractivity contribution in [3.8, 4) is 11.1 Å². The second kappa shape index (κ2) is 18.2. The van der Waals surface area contributed by atoms with Gasteiger partial charge in [-0.1, -0.05) is 109 Å². The Labute approximate surface area is 311 Å². The van der Waals surface area contributed by atoms with Crippen LogP contribution in [-0.4, -0.2) is 54.9 Å².